The largest absolute Gasteiger partial charge is 0.367 e. The molecule has 1 aromatic rings. The molecule has 1 heterocycles. The smallest absolute Gasteiger partial charge is 0.259 e. The van der Waals surface area contributed by atoms with Gasteiger partial charge < -0.3 is 9.88 Å². The maximum absolute atomic E-state index is 12.3. The lowest BCUT2D eigenvalue weighted by Gasteiger charge is -2.24. The molecule has 0 unspecified atom stereocenters. The van der Waals surface area contributed by atoms with Crippen molar-refractivity contribution in [1.82, 2.24) is 9.88 Å². The summed E-state index contributed by atoms with van der Waals surface area (Å²) in [5, 5.41) is 0. The third-order valence-electron chi connectivity index (χ3n) is 2.86. The van der Waals surface area contributed by atoms with E-state index in [-0.39, 0.29) is 16.9 Å². The van der Waals surface area contributed by atoms with Gasteiger partial charge in [0.25, 0.3) is 5.91 Å². The molecule has 1 fully saturated rings. The first-order chi connectivity index (χ1) is 8.09. The Balaban J connectivity index is 2.22. The summed E-state index contributed by atoms with van der Waals surface area (Å²) in [4.78, 5) is 28.6. The van der Waals surface area contributed by atoms with Crippen LogP contribution in [0.25, 0.3) is 0 Å². The highest BCUT2D eigenvalue weighted by Crippen LogP contribution is 2.28. The maximum Gasteiger partial charge on any atom is 0.259 e. The van der Waals surface area contributed by atoms with E-state index in [0.29, 0.717) is 12.0 Å². The lowest BCUT2D eigenvalue weighted by molar-refractivity contribution is 0.0721. The standard InChI is InChI=1S/C13H18N2O2/c1-9(2)8-15(10-3-4-10)13(17)11-7-14-6-5-12(11)16/h5-7,9-10H,3-4,8H2,1-2H3,(H,14,16). The van der Waals surface area contributed by atoms with E-state index in [9.17, 15) is 9.59 Å². The van der Waals surface area contributed by atoms with Gasteiger partial charge in [-0.1, -0.05) is 13.8 Å². The van der Waals surface area contributed by atoms with Crippen molar-refractivity contribution in [2.75, 3.05) is 6.54 Å². The average Bonchev–Trinajstić information content (AvgIpc) is 3.09. The van der Waals surface area contributed by atoms with Crippen LogP contribution >= 0.6 is 0 Å². The topological polar surface area (TPSA) is 53.2 Å². The predicted molar refractivity (Wildman–Crippen MR) is 66.0 cm³/mol. The van der Waals surface area contributed by atoms with Crippen LogP contribution in [0.1, 0.15) is 37.0 Å². The summed E-state index contributed by atoms with van der Waals surface area (Å²) in [6.45, 7) is 4.88. The SMILES string of the molecule is CC(C)CN(C(=O)c1c[nH]ccc1=O)C1CC1. The van der Waals surface area contributed by atoms with Crippen molar-refractivity contribution in [1.29, 1.82) is 0 Å². The molecule has 4 heteroatoms. The van der Waals surface area contributed by atoms with Gasteiger partial charge in [0.2, 0.25) is 0 Å². The first kappa shape index (κ1) is 11.9. The van der Waals surface area contributed by atoms with E-state index in [2.05, 4.69) is 18.8 Å². The van der Waals surface area contributed by atoms with Crippen molar-refractivity contribution in [3.05, 3.63) is 34.2 Å². The Morgan fingerprint density at radius 1 is 1.53 bits per heavy atom. The number of rotatable bonds is 4. The van der Waals surface area contributed by atoms with E-state index in [4.69, 9.17) is 0 Å². The van der Waals surface area contributed by atoms with Gasteiger partial charge in [-0.05, 0) is 18.8 Å². The van der Waals surface area contributed by atoms with E-state index >= 15 is 0 Å². The summed E-state index contributed by atoms with van der Waals surface area (Å²) >= 11 is 0. The highest BCUT2D eigenvalue weighted by Gasteiger charge is 2.33. The number of pyridine rings is 1. The van der Waals surface area contributed by atoms with Crippen LogP contribution in [0.5, 0.6) is 0 Å². The van der Waals surface area contributed by atoms with Gasteiger partial charge >= 0.3 is 0 Å². The fourth-order valence-corrected chi connectivity index (χ4v) is 1.92. The van der Waals surface area contributed by atoms with Crippen LogP contribution in [0.3, 0.4) is 0 Å². The molecule has 17 heavy (non-hydrogen) atoms. The third kappa shape index (κ3) is 2.75. The second kappa shape index (κ2) is 4.73. The second-order valence-corrected chi connectivity index (χ2v) is 5.00. The molecule has 1 amide bonds. The molecule has 1 aliphatic carbocycles. The van der Waals surface area contributed by atoms with Crippen molar-refractivity contribution in [3.8, 4) is 0 Å². The van der Waals surface area contributed by atoms with Gasteiger partial charge in [0.05, 0.1) is 0 Å². The van der Waals surface area contributed by atoms with Gasteiger partial charge in [-0.15, -0.1) is 0 Å². The van der Waals surface area contributed by atoms with Crippen LogP contribution in [0.15, 0.2) is 23.3 Å². The number of nitrogens with zero attached hydrogens (tertiary/aromatic N) is 1. The van der Waals surface area contributed by atoms with Crippen LogP contribution in [0, 0.1) is 5.92 Å². The van der Waals surface area contributed by atoms with Crippen molar-refractivity contribution in [2.45, 2.75) is 32.7 Å². The lowest BCUT2D eigenvalue weighted by atomic mass is 10.1. The minimum absolute atomic E-state index is 0.136. The highest BCUT2D eigenvalue weighted by molar-refractivity contribution is 5.94. The van der Waals surface area contributed by atoms with Gasteiger partial charge in [-0.3, -0.25) is 9.59 Å². The number of carbonyl (C=O) groups is 1. The number of nitrogens with one attached hydrogen (secondary N) is 1. The predicted octanol–water partition coefficient (Wildman–Crippen LogP) is 1.64. The zero-order chi connectivity index (χ0) is 12.4. The van der Waals surface area contributed by atoms with Gasteiger partial charge in [0.15, 0.2) is 5.43 Å². The first-order valence-corrected chi connectivity index (χ1v) is 6.07. The summed E-state index contributed by atoms with van der Waals surface area (Å²) in [5.41, 5.74) is 0.0446. The molecule has 0 radical (unpaired) electrons. The summed E-state index contributed by atoms with van der Waals surface area (Å²) in [7, 11) is 0. The van der Waals surface area contributed by atoms with Crippen molar-refractivity contribution in [3.63, 3.8) is 0 Å². The van der Waals surface area contributed by atoms with Gasteiger partial charge in [-0.25, -0.2) is 0 Å². The minimum Gasteiger partial charge on any atom is -0.367 e. The Bertz CT molecular complexity index is 460. The summed E-state index contributed by atoms with van der Waals surface area (Å²) < 4.78 is 0. The molecule has 0 atom stereocenters. The highest BCUT2D eigenvalue weighted by atomic mass is 16.2. The van der Waals surface area contributed by atoms with Crippen molar-refractivity contribution >= 4 is 5.91 Å². The third-order valence-corrected chi connectivity index (χ3v) is 2.86. The Kier molecular flexibility index (Phi) is 3.31. The molecule has 1 aliphatic rings. The number of aromatic nitrogens is 1. The van der Waals surface area contributed by atoms with Gasteiger partial charge in [-0.2, -0.15) is 0 Å². The molecule has 0 aromatic carbocycles. The maximum atomic E-state index is 12.3. The number of H-pyrrole nitrogens is 1. The van der Waals surface area contributed by atoms with E-state index in [1.165, 1.54) is 12.3 Å². The quantitative estimate of drug-likeness (QED) is 0.861. The molecule has 1 N–H and O–H groups in total. The molecule has 0 bridgehead atoms. The molecule has 2 rings (SSSR count). The molecular weight excluding hydrogens is 216 g/mol. The van der Waals surface area contributed by atoms with Crippen molar-refractivity contribution < 1.29 is 4.79 Å². The summed E-state index contributed by atoms with van der Waals surface area (Å²) in [6.07, 6.45) is 5.16. The molecule has 0 spiro atoms. The zero-order valence-corrected chi connectivity index (χ0v) is 10.3. The second-order valence-electron chi connectivity index (χ2n) is 5.00. The molecule has 4 nitrogen and oxygen atoms in total. The van der Waals surface area contributed by atoms with Crippen molar-refractivity contribution in [2.24, 2.45) is 5.92 Å². The fourth-order valence-electron chi connectivity index (χ4n) is 1.92. The van der Waals surface area contributed by atoms with Crippen LogP contribution in [-0.2, 0) is 0 Å². The van der Waals surface area contributed by atoms with E-state index in [1.807, 2.05) is 4.90 Å². The number of hydrogen-bond donors (Lipinski definition) is 1. The number of carbonyl (C=O) groups excluding carboxylic acids is 1. The Morgan fingerprint density at radius 2 is 2.24 bits per heavy atom. The molecule has 0 aliphatic heterocycles. The fraction of sp³-hybridized carbons (Fsp3) is 0.538. The van der Waals surface area contributed by atoms with E-state index in [1.54, 1.807) is 6.20 Å². The Morgan fingerprint density at radius 3 is 2.76 bits per heavy atom. The number of amides is 1. The van der Waals surface area contributed by atoms with Crippen LogP contribution < -0.4 is 5.43 Å². The van der Waals surface area contributed by atoms with E-state index in [0.717, 1.165) is 19.4 Å². The zero-order valence-electron chi connectivity index (χ0n) is 10.3. The lowest BCUT2D eigenvalue weighted by Crippen LogP contribution is -2.38. The van der Waals surface area contributed by atoms with Gasteiger partial charge in [0, 0.05) is 31.0 Å². The Labute approximate surface area is 101 Å². The van der Waals surface area contributed by atoms with Gasteiger partial charge in [0.1, 0.15) is 5.56 Å². The monoisotopic (exact) mass is 234 g/mol. The first-order valence-electron chi connectivity index (χ1n) is 6.07. The van der Waals surface area contributed by atoms with Crippen LogP contribution in [0.4, 0.5) is 0 Å². The van der Waals surface area contributed by atoms with Crippen LogP contribution in [-0.4, -0.2) is 28.4 Å². The summed E-state index contributed by atoms with van der Waals surface area (Å²) in [6, 6.07) is 1.73. The normalized spacial score (nSPS) is 15.0. The number of hydrogen-bond acceptors (Lipinski definition) is 2. The average molecular weight is 234 g/mol. The Hall–Kier alpha value is -1.58. The summed E-state index contributed by atoms with van der Waals surface area (Å²) in [5.74, 6) is 0.283. The molecule has 1 saturated carbocycles. The van der Waals surface area contributed by atoms with E-state index < -0.39 is 0 Å². The molecular formula is C13H18N2O2. The molecule has 0 saturated heterocycles. The van der Waals surface area contributed by atoms with Crippen LogP contribution in [0.2, 0.25) is 0 Å². The minimum atomic E-state index is -0.205. The molecule has 1 aromatic heterocycles. The molecule has 92 valence electrons. The number of aromatic amines is 1.